The molecule has 2 rings (SSSR count). The van der Waals surface area contributed by atoms with Crippen molar-refractivity contribution in [1.29, 1.82) is 0 Å². The third-order valence-electron chi connectivity index (χ3n) is 3.67. The summed E-state index contributed by atoms with van der Waals surface area (Å²) in [7, 11) is 3.11. The van der Waals surface area contributed by atoms with Crippen molar-refractivity contribution in [2.45, 2.75) is 12.8 Å². The van der Waals surface area contributed by atoms with E-state index < -0.39 is 0 Å². The van der Waals surface area contributed by atoms with E-state index in [1.54, 1.807) is 25.3 Å². The van der Waals surface area contributed by atoms with Gasteiger partial charge in [0.2, 0.25) is 0 Å². The number of amides is 1. The number of nitrogens with two attached hydrogens (primary N) is 1. The highest BCUT2D eigenvalue weighted by molar-refractivity contribution is 5.97. The Morgan fingerprint density at radius 1 is 1.37 bits per heavy atom. The lowest BCUT2D eigenvalue weighted by atomic mass is 10.1. The third kappa shape index (κ3) is 2.98. The molecule has 3 N–H and O–H groups in total. The summed E-state index contributed by atoms with van der Waals surface area (Å²) in [6, 6.07) is 5.15. The quantitative estimate of drug-likeness (QED) is 0.809. The van der Waals surface area contributed by atoms with Crippen LogP contribution in [-0.2, 0) is 0 Å². The van der Waals surface area contributed by atoms with Crippen molar-refractivity contribution in [2.75, 3.05) is 27.3 Å². The van der Waals surface area contributed by atoms with Gasteiger partial charge in [-0.3, -0.25) is 4.79 Å². The predicted molar refractivity (Wildman–Crippen MR) is 72.6 cm³/mol. The molecular formula is C14H20N2O3. The van der Waals surface area contributed by atoms with E-state index in [2.05, 4.69) is 5.32 Å². The van der Waals surface area contributed by atoms with Crippen molar-refractivity contribution < 1.29 is 14.3 Å². The number of hydrogen-bond donors (Lipinski definition) is 2. The average molecular weight is 264 g/mol. The fourth-order valence-corrected chi connectivity index (χ4v) is 1.98. The standard InChI is InChI=1S/C14H20N2O3/c1-18-10-3-4-11(12(7-10)19-2)13(17)16-9-14(8-15)5-6-14/h3-4,7H,5-6,8-9,15H2,1-2H3,(H,16,17). The van der Waals surface area contributed by atoms with Gasteiger partial charge in [0.05, 0.1) is 19.8 Å². The topological polar surface area (TPSA) is 73.6 Å². The monoisotopic (exact) mass is 264 g/mol. The predicted octanol–water partition coefficient (Wildman–Crippen LogP) is 1.17. The van der Waals surface area contributed by atoms with Crippen LogP contribution in [0.2, 0.25) is 0 Å². The molecule has 0 saturated heterocycles. The Balaban J connectivity index is 2.06. The van der Waals surface area contributed by atoms with E-state index in [4.69, 9.17) is 15.2 Å². The number of hydrogen-bond acceptors (Lipinski definition) is 4. The first-order chi connectivity index (χ1) is 9.14. The van der Waals surface area contributed by atoms with Crippen molar-refractivity contribution >= 4 is 5.91 Å². The summed E-state index contributed by atoms with van der Waals surface area (Å²) < 4.78 is 10.3. The molecule has 104 valence electrons. The van der Waals surface area contributed by atoms with Gasteiger partial charge in [-0.05, 0) is 31.5 Å². The van der Waals surface area contributed by atoms with Gasteiger partial charge >= 0.3 is 0 Å². The summed E-state index contributed by atoms with van der Waals surface area (Å²) in [6.45, 7) is 1.24. The summed E-state index contributed by atoms with van der Waals surface area (Å²) in [5, 5.41) is 2.93. The van der Waals surface area contributed by atoms with Crippen molar-refractivity contribution in [2.24, 2.45) is 11.1 Å². The molecule has 0 heterocycles. The molecule has 0 spiro atoms. The summed E-state index contributed by atoms with van der Waals surface area (Å²) >= 11 is 0. The maximum absolute atomic E-state index is 12.1. The first kappa shape index (κ1) is 13.7. The summed E-state index contributed by atoms with van der Waals surface area (Å²) in [5.74, 6) is 1.03. The van der Waals surface area contributed by atoms with Gasteiger partial charge in [-0.15, -0.1) is 0 Å². The first-order valence-electron chi connectivity index (χ1n) is 6.34. The van der Waals surface area contributed by atoms with E-state index in [0.717, 1.165) is 12.8 Å². The second-order valence-corrected chi connectivity index (χ2v) is 4.95. The molecule has 0 aromatic heterocycles. The van der Waals surface area contributed by atoms with Gasteiger partial charge in [-0.25, -0.2) is 0 Å². The lowest BCUT2D eigenvalue weighted by molar-refractivity contribution is 0.0942. The second-order valence-electron chi connectivity index (χ2n) is 4.95. The van der Waals surface area contributed by atoms with Crippen LogP contribution in [0.25, 0.3) is 0 Å². The van der Waals surface area contributed by atoms with Crippen molar-refractivity contribution in [1.82, 2.24) is 5.32 Å². The highest BCUT2D eigenvalue weighted by atomic mass is 16.5. The van der Waals surface area contributed by atoms with Gasteiger partial charge in [-0.2, -0.15) is 0 Å². The summed E-state index contributed by atoms with van der Waals surface area (Å²) in [6.07, 6.45) is 2.17. The molecule has 0 unspecified atom stereocenters. The van der Waals surface area contributed by atoms with Gasteiger partial charge in [0.15, 0.2) is 0 Å². The Morgan fingerprint density at radius 3 is 2.63 bits per heavy atom. The first-order valence-corrected chi connectivity index (χ1v) is 6.34. The minimum Gasteiger partial charge on any atom is -0.497 e. The number of nitrogens with one attached hydrogen (secondary N) is 1. The van der Waals surface area contributed by atoms with E-state index in [0.29, 0.717) is 30.2 Å². The van der Waals surface area contributed by atoms with Crippen LogP contribution in [0.3, 0.4) is 0 Å². The number of rotatable bonds is 6. The van der Waals surface area contributed by atoms with E-state index in [9.17, 15) is 4.79 Å². The zero-order valence-electron chi connectivity index (χ0n) is 11.4. The van der Waals surface area contributed by atoms with Crippen LogP contribution >= 0.6 is 0 Å². The molecule has 1 aromatic carbocycles. The number of methoxy groups -OCH3 is 2. The minimum atomic E-state index is -0.140. The van der Waals surface area contributed by atoms with Crippen LogP contribution in [-0.4, -0.2) is 33.2 Å². The molecule has 5 heteroatoms. The molecule has 19 heavy (non-hydrogen) atoms. The zero-order chi connectivity index (χ0) is 13.9. The smallest absolute Gasteiger partial charge is 0.255 e. The molecule has 1 aliphatic rings. The van der Waals surface area contributed by atoms with E-state index >= 15 is 0 Å². The molecule has 0 aliphatic heterocycles. The second kappa shape index (κ2) is 5.48. The number of carbonyl (C=O) groups excluding carboxylic acids is 1. The average Bonchev–Trinajstić information content (AvgIpc) is 3.24. The van der Waals surface area contributed by atoms with Crippen molar-refractivity contribution in [3.63, 3.8) is 0 Å². The summed E-state index contributed by atoms with van der Waals surface area (Å²) in [5.41, 5.74) is 6.33. The van der Waals surface area contributed by atoms with Gasteiger partial charge in [0.1, 0.15) is 11.5 Å². The van der Waals surface area contributed by atoms with E-state index in [1.165, 1.54) is 7.11 Å². The molecular weight excluding hydrogens is 244 g/mol. The Hall–Kier alpha value is -1.75. The highest BCUT2D eigenvalue weighted by Gasteiger charge is 2.41. The van der Waals surface area contributed by atoms with E-state index in [1.807, 2.05) is 0 Å². The Kier molecular flexibility index (Phi) is 3.95. The molecule has 0 radical (unpaired) electrons. The van der Waals surface area contributed by atoms with Gasteiger partial charge in [0, 0.05) is 18.0 Å². The van der Waals surface area contributed by atoms with Gasteiger partial charge < -0.3 is 20.5 Å². The van der Waals surface area contributed by atoms with Crippen LogP contribution in [0.5, 0.6) is 11.5 Å². The van der Waals surface area contributed by atoms with Gasteiger partial charge in [-0.1, -0.05) is 0 Å². The van der Waals surface area contributed by atoms with Crippen LogP contribution in [0.15, 0.2) is 18.2 Å². The molecule has 0 bridgehead atoms. The maximum atomic E-state index is 12.1. The Morgan fingerprint density at radius 2 is 2.11 bits per heavy atom. The number of ether oxygens (including phenoxy) is 2. The van der Waals surface area contributed by atoms with Crippen molar-refractivity contribution in [3.8, 4) is 11.5 Å². The maximum Gasteiger partial charge on any atom is 0.255 e. The van der Waals surface area contributed by atoms with Crippen LogP contribution in [0.4, 0.5) is 0 Å². The number of carbonyl (C=O) groups is 1. The fourth-order valence-electron chi connectivity index (χ4n) is 1.98. The van der Waals surface area contributed by atoms with Crippen LogP contribution < -0.4 is 20.5 Å². The molecule has 1 amide bonds. The summed E-state index contributed by atoms with van der Waals surface area (Å²) in [4.78, 5) is 12.1. The normalized spacial score (nSPS) is 15.7. The Bertz CT molecular complexity index is 470. The van der Waals surface area contributed by atoms with Gasteiger partial charge in [0.25, 0.3) is 5.91 Å². The lowest BCUT2D eigenvalue weighted by Crippen LogP contribution is -2.34. The SMILES string of the molecule is COc1ccc(C(=O)NCC2(CN)CC2)c(OC)c1. The van der Waals surface area contributed by atoms with Crippen molar-refractivity contribution in [3.05, 3.63) is 23.8 Å². The fraction of sp³-hybridized carbons (Fsp3) is 0.500. The number of benzene rings is 1. The largest absolute Gasteiger partial charge is 0.497 e. The molecule has 1 aliphatic carbocycles. The highest BCUT2D eigenvalue weighted by Crippen LogP contribution is 2.43. The van der Waals surface area contributed by atoms with Crippen LogP contribution in [0, 0.1) is 5.41 Å². The minimum absolute atomic E-state index is 0.120. The lowest BCUT2D eigenvalue weighted by Gasteiger charge is -2.15. The van der Waals surface area contributed by atoms with Crippen LogP contribution in [0.1, 0.15) is 23.2 Å². The Labute approximate surface area is 113 Å². The van der Waals surface area contributed by atoms with E-state index in [-0.39, 0.29) is 11.3 Å². The molecule has 1 saturated carbocycles. The third-order valence-corrected chi connectivity index (χ3v) is 3.67. The molecule has 1 aromatic rings. The molecule has 1 fully saturated rings. The zero-order valence-corrected chi connectivity index (χ0v) is 11.4. The molecule has 5 nitrogen and oxygen atoms in total. The molecule has 0 atom stereocenters.